The number of anilines is 3. The minimum Gasteiger partial charge on any atom is -0.310 e. The van der Waals surface area contributed by atoms with Crippen molar-refractivity contribution >= 4 is 126 Å². The summed E-state index contributed by atoms with van der Waals surface area (Å²) in [5.41, 5.74) is 17.9. The van der Waals surface area contributed by atoms with E-state index in [9.17, 15) is 0 Å². The Labute approximate surface area is 443 Å². The topological polar surface area (TPSA) is 21.9 Å². The van der Waals surface area contributed by atoms with Gasteiger partial charge in [0.25, 0.3) is 0 Å². The van der Waals surface area contributed by atoms with Crippen LogP contribution in [0.15, 0.2) is 285 Å². The summed E-state index contributed by atoms with van der Waals surface area (Å²) in [4.78, 5) is 2.35. The standard InChI is InChI=1S/C42H27N3.C30H20N2/c1-3-13-28(14-4-1)43(29-15-5-2-6-16-29)30-23-26-40-36(27-30)33-19-9-12-22-39(33)44-37-20-10-7-17-31(37)34-24-25-35-32-18-8-11-21-38(32)45(40)42(35)41(34)44;1-5-16-27-23(12-1)24-13-2-6-17-28(24)31(27)21-10-9-11-22(20-21)32-29-18-7-3-14-25(29)26-15-4-8-19-30(26)32/h1-27H;1-20H. The summed E-state index contributed by atoms with van der Waals surface area (Å²) in [6, 6.07) is 103. The molecule has 12 aromatic carbocycles. The van der Waals surface area contributed by atoms with Crippen LogP contribution in [0.1, 0.15) is 0 Å². The van der Waals surface area contributed by atoms with Crippen molar-refractivity contribution in [1.29, 1.82) is 0 Å². The lowest BCUT2D eigenvalue weighted by Gasteiger charge is -2.26. The van der Waals surface area contributed by atoms with Crippen molar-refractivity contribution in [3.8, 4) is 11.4 Å². The third-order valence-corrected chi connectivity index (χ3v) is 15.9. The maximum Gasteiger partial charge on any atom is 0.0789 e. The average molecular weight is 982 g/mol. The first-order valence-corrected chi connectivity index (χ1v) is 26.4. The zero-order valence-corrected chi connectivity index (χ0v) is 41.9. The number of aromatic nitrogens is 4. The number of fused-ring (bicyclic) bond motifs is 17. The van der Waals surface area contributed by atoms with Crippen molar-refractivity contribution in [2.75, 3.05) is 4.90 Å². The summed E-state index contributed by atoms with van der Waals surface area (Å²) in [5, 5.41) is 12.6. The average Bonchev–Trinajstić information content (AvgIpc) is 4.27. The van der Waals surface area contributed by atoms with Gasteiger partial charge in [-0.1, -0.05) is 182 Å². The van der Waals surface area contributed by atoms with Crippen LogP contribution in [-0.4, -0.2) is 17.9 Å². The maximum absolute atomic E-state index is 2.51. The lowest BCUT2D eigenvalue weighted by Crippen LogP contribution is -2.09. The van der Waals surface area contributed by atoms with Gasteiger partial charge in [-0.15, -0.1) is 0 Å². The molecule has 5 heterocycles. The fourth-order valence-electron chi connectivity index (χ4n) is 12.7. The predicted molar refractivity (Wildman–Crippen MR) is 326 cm³/mol. The Bertz CT molecular complexity index is 4900. The second-order valence-electron chi connectivity index (χ2n) is 20.0. The molecule has 0 bridgehead atoms. The summed E-state index contributed by atoms with van der Waals surface area (Å²) in [6.45, 7) is 0. The molecule has 0 atom stereocenters. The molecule has 0 saturated carbocycles. The first kappa shape index (κ1) is 43.1. The van der Waals surface area contributed by atoms with Gasteiger partial charge < -0.3 is 22.8 Å². The van der Waals surface area contributed by atoms with Gasteiger partial charge in [0.05, 0.1) is 55.2 Å². The van der Waals surface area contributed by atoms with Crippen LogP contribution in [0.4, 0.5) is 17.1 Å². The van der Waals surface area contributed by atoms with Crippen LogP contribution < -0.4 is 4.90 Å². The molecule has 0 aliphatic carbocycles. The van der Waals surface area contributed by atoms with Crippen molar-refractivity contribution in [1.82, 2.24) is 17.9 Å². The monoisotopic (exact) mass is 981 g/mol. The molecule has 0 saturated heterocycles. The highest BCUT2D eigenvalue weighted by Gasteiger charge is 2.22. The van der Waals surface area contributed by atoms with Gasteiger partial charge in [0.1, 0.15) is 0 Å². The predicted octanol–water partition coefficient (Wildman–Crippen LogP) is 19.3. The van der Waals surface area contributed by atoms with E-state index < -0.39 is 0 Å². The molecule has 0 radical (unpaired) electrons. The Morgan fingerprint density at radius 2 is 0.506 bits per heavy atom. The van der Waals surface area contributed by atoms with Gasteiger partial charge in [0.15, 0.2) is 0 Å². The number of hydrogen-bond acceptors (Lipinski definition) is 1. The summed E-state index contributed by atoms with van der Waals surface area (Å²) in [5.74, 6) is 0. The second-order valence-corrected chi connectivity index (χ2v) is 20.0. The van der Waals surface area contributed by atoms with Gasteiger partial charge in [-0.05, 0) is 103 Å². The molecule has 17 rings (SSSR count). The van der Waals surface area contributed by atoms with Crippen molar-refractivity contribution < 1.29 is 0 Å². The molecule has 0 spiro atoms. The highest BCUT2D eigenvalue weighted by Crippen LogP contribution is 2.44. The Morgan fingerprint density at radius 1 is 0.195 bits per heavy atom. The fourth-order valence-corrected chi connectivity index (χ4v) is 12.7. The van der Waals surface area contributed by atoms with E-state index >= 15 is 0 Å². The lowest BCUT2D eigenvalue weighted by molar-refractivity contribution is 1.13. The van der Waals surface area contributed by atoms with E-state index in [4.69, 9.17) is 0 Å². The molecule has 0 N–H and O–H groups in total. The number of benzene rings is 12. The summed E-state index contributed by atoms with van der Waals surface area (Å²) in [6.07, 6.45) is 0. The van der Waals surface area contributed by atoms with Crippen molar-refractivity contribution in [3.63, 3.8) is 0 Å². The Balaban J connectivity index is 0.000000137. The van der Waals surface area contributed by atoms with Crippen LogP contribution >= 0.6 is 0 Å². The molecule has 5 aromatic heterocycles. The first-order valence-electron chi connectivity index (χ1n) is 26.4. The summed E-state index contributed by atoms with van der Waals surface area (Å²) < 4.78 is 9.76. The Hall–Kier alpha value is -10.4. The van der Waals surface area contributed by atoms with Crippen molar-refractivity contribution in [2.45, 2.75) is 0 Å². The first-order chi connectivity index (χ1) is 38.3. The second kappa shape index (κ2) is 17.1. The number of rotatable bonds is 5. The van der Waals surface area contributed by atoms with Crippen LogP contribution in [0, 0.1) is 0 Å². The molecule has 360 valence electrons. The minimum atomic E-state index is 1.12. The van der Waals surface area contributed by atoms with E-state index in [2.05, 4.69) is 308 Å². The summed E-state index contributed by atoms with van der Waals surface area (Å²) in [7, 11) is 0. The number of para-hydroxylation sites is 9. The van der Waals surface area contributed by atoms with Crippen LogP contribution in [0.25, 0.3) is 120 Å². The lowest BCUT2D eigenvalue weighted by atomic mass is 10.1. The molecule has 0 fully saturated rings. The van der Waals surface area contributed by atoms with Gasteiger partial charge in [-0.25, -0.2) is 0 Å². The van der Waals surface area contributed by atoms with Crippen LogP contribution in [0.3, 0.4) is 0 Å². The highest BCUT2D eigenvalue weighted by molar-refractivity contribution is 6.25. The molecule has 0 aliphatic rings. The third-order valence-electron chi connectivity index (χ3n) is 15.9. The number of nitrogens with zero attached hydrogens (tertiary/aromatic N) is 5. The van der Waals surface area contributed by atoms with Gasteiger partial charge >= 0.3 is 0 Å². The smallest absolute Gasteiger partial charge is 0.0789 e. The van der Waals surface area contributed by atoms with E-state index in [1.165, 1.54) is 120 Å². The number of hydrogen-bond donors (Lipinski definition) is 0. The largest absolute Gasteiger partial charge is 0.310 e. The molecule has 0 unspecified atom stereocenters. The molecule has 17 aromatic rings. The molecular weight excluding hydrogens is 935 g/mol. The quantitative estimate of drug-likeness (QED) is 0.168. The van der Waals surface area contributed by atoms with Crippen LogP contribution in [-0.2, 0) is 0 Å². The van der Waals surface area contributed by atoms with Gasteiger partial charge in [-0.3, -0.25) is 0 Å². The van der Waals surface area contributed by atoms with Crippen molar-refractivity contribution in [2.24, 2.45) is 0 Å². The Kier molecular flexibility index (Phi) is 9.57. The van der Waals surface area contributed by atoms with Crippen molar-refractivity contribution in [3.05, 3.63) is 285 Å². The van der Waals surface area contributed by atoms with E-state index in [0.717, 1.165) is 17.1 Å². The highest BCUT2D eigenvalue weighted by atomic mass is 15.1. The SMILES string of the molecule is c1cc(-n2c3ccccc3c3ccccc32)cc(-n2c3ccccc3c3ccccc32)c1.c1ccc(N(c2ccccc2)c2ccc3c(c2)c2ccccc2n2c4ccccc4c4ccc5c6ccccc6n3c5c42)cc1. The molecule has 5 heteroatoms. The molecule has 0 amide bonds. The molecule has 77 heavy (non-hydrogen) atoms. The third kappa shape index (κ3) is 6.47. The van der Waals surface area contributed by atoms with Gasteiger partial charge in [0, 0.05) is 82.3 Å². The molecule has 5 nitrogen and oxygen atoms in total. The van der Waals surface area contributed by atoms with E-state index in [-0.39, 0.29) is 0 Å². The van der Waals surface area contributed by atoms with E-state index in [1.807, 2.05) is 0 Å². The zero-order chi connectivity index (χ0) is 50.6. The van der Waals surface area contributed by atoms with Gasteiger partial charge in [-0.2, -0.15) is 0 Å². The molecule has 0 aliphatic heterocycles. The zero-order valence-electron chi connectivity index (χ0n) is 41.9. The van der Waals surface area contributed by atoms with E-state index in [1.54, 1.807) is 0 Å². The van der Waals surface area contributed by atoms with Gasteiger partial charge in [0.2, 0.25) is 0 Å². The fraction of sp³-hybridized carbons (Fsp3) is 0. The summed E-state index contributed by atoms with van der Waals surface area (Å²) >= 11 is 0. The van der Waals surface area contributed by atoms with Crippen LogP contribution in [0.5, 0.6) is 0 Å². The van der Waals surface area contributed by atoms with E-state index in [0.29, 0.717) is 0 Å². The van der Waals surface area contributed by atoms with Crippen LogP contribution in [0.2, 0.25) is 0 Å². The minimum absolute atomic E-state index is 1.12. The molecular formula is C72H47N5. The Morgan fingerprint density at radius 3 is 0.896 bits per heavy atom. The maximum atomic E-state index is 2.51. The normalized spacial score (nSPS) is 11.9.